The fraction of sp³-hybridized carbons (Fsp3) is 0.100. The number of anilines is 2. The topological polar surface area (TPSA) is 58.2 Å². The van der Waals surface area contributed by atoms with E-state index >= 15 is 0 Å². The van der Waals surface area contributed by atoms with Gasteiger partial charge in [0.15, 0.2) is 0 Å². The number of alkyl halides is 3. The van der Waals surface area contributed by atoms with E-state index in [1.165, 1.54) is 24.3 Å². The Morgan fingerprint density at radius 3 is 2.23 bits per heavy atom. The molecule has 0 aromatic heterocycles. The third kappa shape index (κ3) is 5.46. The van der Waals surface area contributed by atoms with E-state index in [1.54, 1.807) is 30.3 Å². The number of rotatable bonds is 6. The predicted molar refractivity (Wildman–Crippen MR) is 112 cm³/mol. The number of hydrogen-bond donors (Lipinski definition) is 2. The molecule has 0 aliphatic carbocycles. The molecule has 4 nitrogen and oxygen atoms in total. The van der Waals surface area contributed by atoms with Gasteiger partial charge in [-0.2, -0.15) is 13.2 Å². The zero-order chi connectivity index (χ0) is 21.9. The summed E-state index contributed by atoms with van der Waals surface area (Å²) in [5, 5.41) is 3.32. The van der Waals surface area contributed by atoms with Crippen LogP contribution in [0.5, 0.6) is 0 Å². The summed E-state index contributed by atoms with van der Waals surface area (Å²) in [6.07, 6.45) is -4.89. The number of hydrogen-bond acceptors (Lipinski definition) is 3. The van der Waals surface area contributed by atoms with Crippen LogP contribution in [0, 0.1) is 0 Å². The number of sulfonamides is 1. The van der Waals surface area contributed by atoms with Crippen LogP contribution < -0.4 is 10.0 Å². The van der Waals surface area contributed by atoms with Crippen molar-refractivity contribution in [1.82, 2.24) is 4.72 Å². The molecule has 0 radical (unpaired) electrons. The van der Waals surface area contributed by atoms with Gasteiger partial charge in [0.2, 0.25) is 10.0 Å². The van der Waals surface area contributed by atoms with Gasteiger partial charge in [-0.1, -0.05) is 53.5 Å². The van der Waals surface area contributed by atoms with E-state index in [0.29, 0.717) is 16.3 Å². The van der Waals surface area contributed by atoms with Crippen molar-refractivity contribution in [1.29, 1.82) is 0 Å². The van der Waals surface area contributed by atoms with Gasteiger partial charge in [-0.15, -0.1) is 0 Å². The lowest BCUT2D eigenvalue weighted by atomic mass is 10.2. The first-order valence-electron chi connectivity index (χ1n) is 8.53. The van der Waals surface area contributed by atoms with Crippen molar-refractivity contribution in [3.63, 3.8) is 0 Å². The largest absolute Gasteiger partial charge is 0.417 e. The highest BCUT2D eigenvalue weighted by atomic mass is 35.5. The SMILES string of the molecule is O=S(=O)(NCc1ccccc1)c1ccc(Nc2ccc(Cl)cc2Cl)cc1C(F)(F)F. The summed E-state index contributed by atoms with van der Waals surface area (Å²) in [6, 6.07) is 15.8. The number of halogens is 5. The number of nitrogens with one attached hydrogen (secondary N) is 2. The lowest BCUT2D eigenvalue weighted by Crippen LogP contribution is -2.26. The molecule has 2 N–H and O–H groups in total. The van der Waals surface area contributed by atoms with Crippen LogP contribution in [0.3, 0.4) is 0 Å². The van der Waals surface area contributed by atoms with Gasteiger partial charge in [0.1, 0.15) is 0 Å². The lowest BCUT2D eigenvalue weighted by Gasteiger charge is -2.16. The molecular weight excluding hydrogens is 460 g/mol. The first-order valence-corrected chi connectivity index (χ1v) is 10.8. The van der Waals surface area contributed by atoms with Crippen LogP contribution in [-0.2, 0) is 22.7 Å². The summed E-state index contributed by atoms with van der Waals surface area (Å²) >= 11 is 11.9. The van der Waals surface area contributed by atoms with E-state index in [9.17, 15) is 21.6 Å². The molecule has 0 heterocycles. The van der Waals surface area contributed by atoms with Crippen LogP contribution in [0.2, 0.25) is 10.0 Å². The van der Waals surface area contributed by atoms with Crippen molar-refractivity contribution in [2.45, 2.75) is 17.6 Å². The highest BCUT2D eigenvalue weighted by molar-refractivity contribution is 7.89. The Kier molecular flexibility index (Phi) is 6.62. The fourth-order valence-corrected chi connectivity index (χ4v) is 4.34. The van der Waals surface area contributed by atoms with Crippen LogP contribution in [0.15, 0.2) is 71.6 Å². The Hall–Kier alpha value is -2.26. The van der Waals surface area contributed by atoms with Gasteiger partial charge in [0.25, 0.3) is 0 Å². The van der Waals surface area contributed by atoms with E-state index in [0.717, 1.165) is 12.1 Å². The highest BCUT2D eigenvalue weighted by Crippen LogP contribution is 2.37. The molecule has 0 fully saturated rings. The van der Waals surface area contributed by atoms with Crippen molar-refractivity contribution in [2.75, 3.05) is 5.32 Å². The van der Waals surface area contributed by atoms with Crippen molar-refractivity contribution in [3.8, 4) is 0 Å². The maximum Gasteiger partial charge on any atom is 0.417 e. The molecule has 0 saturated heterocycles. The molecule has 3 rings (SSSR count). The van der Waals surface area contributed by atoms with Gasteiger partial charge in [-0.05, 0) is 42.0 Å². The first kappa shape index (κ1) is 22.4. The summed E-state index contributed by atoms with van der Waals surface area (Å²) in [4.78, 5) is -0.862. The minimum absolute atomic E-state index is 0.0218. The van der Waals surface area contributed by atoms with E-state index < -0.39 is 26.7 Å². The molecule has 0 spiro atoms. The van der Waals surface area contributed by atoms with Crippen molar-refractivity contribution in [3.05, 3.63) is 87.9 Å². The standard InChI is InChI=1S/C20H15Cl2F3N2O2S/c21-14-6-8-18(17(22)10-14)27-15-7-9-19(16(11-15)20(23,24)25)30(28,29)26-12-13-4-2-1-3-5-13/h1-11,26-27H,12H2. The van der Waals surface area contributed by atoms with Crippen molar-refractivity contribution < 1.29 is 21.6 Å². The van der Waals surface area contributed by atoms with E-state index in [1.807, 2.05) is 0 Å². The van der Waals surface area contributed by atoms with E-state index in [2.05, 4.69) is 10.0 Å². The minimum atomic E-state index is -4.89. The monoisotopic (exact) mass is 474 g/mol. The minimum Gasteiger partial charge on any atom is -0.354 e. The zero-order valence-corrected chi connectivity index (χ0v) is 17.5. The van der Waals surface area contributed by atoms with Gasteiger partial charge in [-0.3, -0.25) is 0 Å². The van der Waals surface area contributed by atoms with Crippen LogP contribution in [0.1, 0.15) is 11.1 Å². The average molecular weight is 475 g/mol. The Morgan fingerprint density at radius 1 is 0.900 bits per heavy atom. The first-order chi connectivity index (χ1) is 14.1. The summed E-state index contributed by atoms with van der Waals surface area (Å²) < 4.78 is 68.2. The molecule has 0 aliphatic heterocycles. The third-order valence-electron chi connectivity index (χ3n) is 4.09. The Morgan fingerprint density at radius 2 is 1.60 bits per heavy atom. The number of benzene rings is 3. The van der Waals surface area contributed by atoms with Gasteiger partial charge in [-0.25, -0.2) is 13.1 Å². The molecule has 0 saturated carbocycles. The Balaban J connectivity index is 1.92. The van der Waals surface area contributed by atoms with Crippen molar-refractivity contribution >= 4 is 44.6 Å². The predicted octanol–water partition coefficient (Wildman–Crippen LogP) is 6.23. The summed E-state index contributed by atoms with van der Waals surface area (Å²) in [5.41, 5.74) is -0.330. The molecule has 30 heavy (non-hydrogen) atoms. The van der Waals surface area contributed by atoms with E-state index in [-0.39, 0.29) is 17.3 Å². The van der Waals surface area contributed by atoms with Gasteiger partial charge >= 0.3 is 6.18 Å². The van der Waals surface area contributed by atoms with Crippen LogP contribution >= 0.6 is 23.2 Å². The van der Waals surface area contributed by atoms with E-state index in [4.69, 9.17) is 23.2 Å². The molecule has 0 amide bonds. The second-order valence-electron chi connectivity index (χ2n) is 6.27. The van der Waals surface area contributed by atoms with Crippen LogP contribution in [0.4, 0.5) is 24.5 Å². The van der Waals surface area contributed by atoms with Crippen LogP contribution in [0.25, 0.3) is 0 Å². The molecule has 0 unspecified atom stereocenters. The Labute approximate surface area is 181 Å². The molecule has 3 aromatic carbocycles. The summed E-state index contributed by atoms with van der Waals surface area (Å²) in [6.45, 7) is -0.138. The molecule has 10 heteroatoms. The second-order valence-corrected chi connectivity index (χ2v) is 8.85. The van der Waals surface area contributed by atoms with Gasteiger partial charge in [0.05, 0.1) is 21.2 Å². The molecular formula is C20H15Cl2F3N2O2S. The zero-order valence-electron chi connectivity index (χ0n) is 15.2. The smallest absolute Gasteiger partial charge is 0.354 e. The van der Waals surface area contributed by atoms with Gasteiger partial charge < -0.3 is 5.32 Å². The lowest BCUT2D eigenvalue weighted by molar-refractivity contribution is -0.139. The molecule has 158 valence electrons. The maximum absolute atomic E-state index is 13.6. The molecule has 0 atom stereocenters. The average Bonchev–Trinajstić information content (AvgIpc) is 2.69. The quantitative estimate of drug-likeness (QED) is 0.444. The van der Waals surface area contributed by atoms with Crippen molar-refractivity contribution in [2.24, 2.45) is 0 Å². The molecule has 0 aliphatic rings. The fourth-order valence-electron chi connectivity index (χ4n) is 2.66. The van der Waals surface area contributed by atoms with Crippen LogP contribution in [-0.4, -0.2) is 8.42 Å². The molecule has 3 aromatic rings. The van der Waals surface area contributed by atoms with Gasteiger partial charge in [0, 0.05) is 17.3 Å². The summed E-state index contributed by atoms with van der Waals surface area (Å²) in [7, 11) is -4.42. The normalized spacial score (nSPS) is 12.0. The highest BCUT2D eigenvalue weighted by Gasteiger charge is 2.37. The Bertz CT molecular complexity index is 1150. The maximum atomic E-state index is 13.6. The third-order valence-corrected chi connectivity index (χ3v) is 6.10. The summed E-state index contributed by atoms with van der Waals surface area (Å²) in [5.74, 6) is 0. The second kappa shape index (κ2) is 8.85. The molecule has 0 bridgehead atoms.